The molecule has 0 fully saturated rings. The molecule has 2 heterocycles. The van der Waals surface area contributed by atoms with Gasteiger partial charge in [0.05, 0.1) is 11.9 Å². The van der Waals surface area contributed by atoms with Gasteiger partial charge in [0, 0.05) is 10.8 Å². The Hall–Kier alpha value is -3.09. The van der Waals surface area contributed by atoms with Crippen LogP contribution in [0.5, 0.6) is 0 Å². The largest absolute Gasteiger partial charge is 0.301 e. The van der Waals surface area contributed by atoms with Crippen molar-refractivity contribution in [3.05, 3.63) is 93.9 Å². The van der Waals surface area contributed by atoms with Crippen LogP contribution in [-0.4, -0.2) is 19.7 Å². The number of rotatable bonds is 4. The van der Waals surface area contributed by atoms with Gasteiger partial charge in [0.25, 0.3) is 5.56 Å². The van der Waals surface area contributed by atoms with E-state index in [9.17, 15) is 4.79 Å². The van der Waals surface area contributed by atoms with Gasteiger partial charge >= 0.3 is 0 Å². The summed E-state index contributed by atoms with van der Waals surface area (Å²) in [6, 6.07) is 21.8. The quantitative estimate of drug-likeness (QED) is 0.321. The summed E-state index contributed by atoms with van der Waals surface area (Å²) >= 11 is 7.48. The first-order chi connectivity index (χ1) is 14.2. The van der Waals surface area contributed by atoms with Crippen LogP contribution in [0.2, 0.25) is 5.02 Å². The lowest BCUT2D eigenvalue weighted by Gasteiger charge is -2.07. The smallest absolute Gasteiger partial charge is 0.262 e. The summed E-state index contributed by atoms with van der Waals surface area (Å²) < 4.78 is 1.66. The third-order valence-corrected chi connectivity index (χ3v) is 5.91. The third-order valence-electron chi connectivity index (χ3n) is 4.73. The van der Waals surface area contributed by atoms with Crippen LogP contribution in [-0.2, 0) is 5.75 Å². The summed E-state index contributed by atoms with van der Waals surface area (Å²) in [5.74, 6) is 0.699. The number of H-pyrrole nitrogens is 1. The second kappa shape index (κ2) is 7.39. The number of thioether (sulfide) groups is 1. The monoisotopic (exact) mass is 418 g/mol. The fourth-order valence-corrected chi connectivity index (χ4v) is 4.29. The second-order valence-corrected chi connectivity index (χ2v) is 7.97. The molecule has 0 saturated carbocycles. The number of benzene rings is 3. The van der Waals surface area contributed by atoms with Crippen molar-refractivity contribution in [1.29, 1.82) is 0 Å². The predicted molar refractivity (Wildman–Crippen MR) is 118 cm³/mol. The first kappa shape index (κ1) is 18.0. The molecule has 5 aromatic rings. The number of nitrogens with one attached hydrogen (secondary N) is 1. The van der Waals surface area contributed by atoms with E-state index in [1.807, 2.05) is 30.3 Å². The lowest BCUT2D eigenvalue weighted by Crippen LogP contribution is -2.09. The number of halogens is 1. The molecule has 0 unspecified atom stereocenters. The number of aromatic amines is 1. The van der Waals surface area contributed by atoms with E-state index in [0.29, 0.717) is 27.0 Å². The van der Waals surface area contributed by atoms with Gasteiger partial charge in [0.15, 0.2) is 10.8 Å². The van der Waals surface area contributed by atoms with Crippen LogP contribution in [0.15, 0.2) is 82.9 Å². The van der Waals surface area contributed by atoms with Gasteiger partial charge in [-0.1, -0.05) is 65.8 Å². The van der Waals surface area contributed by atoms with Crippen molar-refractivity contribution >= 4 is 45.2 Å². The minimum atomic E-state index is -0.198. The van der Waals surface area contributed by atoms with Gasteiger partial charge in [-0.15, -0.1) is 0 Å². The first-order valence-electron chi connectivity index (χ1n) is 9.02. The Bertz CT molecular complexity index is 1390. The zero-order valence-electron chi connectivity index (χ0n) is 15.2. The molecule has 142 valence electrons. The molecule has 3 aromatic carbocycles. The Morgan fingerprint density at radius 2 is 1.76 bits per heavy atom. The summed E-state index contributed by atoms with van der Waals surface area (Å²) in [7, 11) is 0. The maximum Gasteiger partial charge on any atom is 0.262 e. The van der Waals surface area contributed by atoms with Crippen molar-refractivity contribution in [2.24, 2.45) is 0 Å². The zero-order valence-corrected chi connectivity index (χ0v) is 16.7. The molecule has 0 aliphatic rings. The van der Waals surface area contributed by atoms with Gasteiger partial charge in [0.1, 0.15) is 5.39 Å². The van der Waals surface area contributed by atoms with Gasteiger partial charge in [-0.25, -0.2) is 9.67 Å². The van der Waals surface area contributed by atoms with E-state index in [1.165, 1.54) is 34.3 Å². The highest BCUT2D eigenvalue weighted by atomic mass is 35.5. The molecule has 29 heavy (non-hydrogen) atoms. The minimum Gasteiger partial charge on any atom is -0.301 e. The Morgan fingerprint density at radius 1 is 0.966 bits per heavy atom. The van der Waals surface area contributed by atoms with Crippen molar-refractivity contribution in [2.75, 3.05) is 0 Å². The number of nitrogens with zero attached hydrogens (tertiary/aromatic N) is 3. The molecule has 0 aliphatic carbocycles. The van der Waals surface area contributed by atoms with E-state index in [1.54, 1.807) is 16.8 Å². The van der Waals surface area contributed by atoms with Crippen molar-refractivity contribution in [3.8, 4) is 5.69 Å². The molecule has 5 nitrogen and oxygen atoms in total. The first-order valence-corrected chi connectivity index (χ1v) is 10.4. The van der Waals surface area contributed by atoms with Gasteiger partial charge in [-0.3, -0.25) is 4.79 Å². The minimum absolute atomic E-state index is 0.198. The molecule has 0 radical (unpaired) electrons. The molecule has 0 amide bonds. The van der Waals surface area contributed by atoms with Crippen molar-refractivity contribution in [2.45, 2.75) is 10.9 Å². The van der Waals surface area contributed by atoms with E-state index in [-0.39, 0.29) is 5.56 Å². The van der Waals surface area contributed by atoms with E-state index < -0.39 is 0 Å². The summed E-state index contributed by atoms with van der Waals surface area (Å²) in [6.45, 7) is 0. The number of aromatic nitrogens is 4. The van der Waals surface area contributed by atoms with Crippen LogP contribution >= 0.6 is 23.4 Å². The van der Waals surface area contributed by atoms with E-state index in [4.69, 9.17) is 11.6 Å². The van der Waals surface area contributed by atoms with Gasteiger partial charge in [0.2, 0.25) is 0 Å². The number of fused-ring (bicyclic) bond motifs is 2. The fourth-order valence-electron chi connectivity index (χ4n) is 3.30. The van der Waals surface area contributed by atoms with Gasteiger partial charge in [-0.2, -0.15) is 5.10 Å². The maximum absolute atomic E-state index is 12.5. The van der Waals surface area contributed by atoms with Gasteiger partial charge in [-0.05, 0) is 40.6 Å². The lowest BCUT2D eigenvalue weighted by atomic mass is 10.1. The Morgan fingerprint density at radius 3 is 2.62 bits per heavy atom. The topological polar surface area (TPSA) is 63.6 Å². The van der Waals surface area contributed by atoms with Crippen LogP contribution in [0.1, 0.15) is 5.56 Å². The molecule has 5 rings (SSSR count). The lowest BCUT2D eigenvalue weighted by molar-refractivity contribution is 0.873. The van der Waals surface area contributed by atoms with Crippen LogP contribution in [0.4, 0.5) is 0 Å². The van der Waals surface area contributed by atoms with Gasteiger partial charge < -0.3 is 4.98 Å². The van der Waals surface area contributed by atoms with Crippen molar-refractivity contribution in [3.63, 3.8) is 0 Å². The third kappa shape index (κ3) is 3.41. The molecule has 7 heteroatoms. The predicted octanol–water partition coefficient (Wildman–Crippen LogP) is 5.21. The van der Waals surface area contributed by atoms with Crippen molar-refractivity contribution < 1.29 is 0 Å². The maximum atomic E-state index is 12.5. The Balaban J connectivity index is 1.51. The Labute approximate surface area is 175 Å². The molecule has 0 bridgehead atoms. The van der Waals surface area contributed by atoms with E-state index >= 15 is 0 Å². The van der Waals surface area contributed by atoms with Crippen LogP contribution in [0, 0.1) is 0 Å². The van der Waals surface area contributed by atoms with E-state index in [0.717, 1.165) is 5.69 Å². The van der Waals surface area contributed by atoms with Crippen LogP contribution in [0.25, 0.3) is 27.5 Å². The second-order valence-electron chi connectivity index (χ2n) is 6.57. The molecule has 0 saturated heterocycles. The normalized spacial score (nSPS) is 11.3. The average molecular weight is 419 g/mol. The highest BCUT2D eigenvalue weighted by Crippen LogP contribution is 2.26. The average Bonchev–Trinajstić information content (AvgIpc) is 3.17. The highest BCUT2D eigenvalue weighted by molar-refractivity contribution is 7.98. The molecule has 0 atom stereocenters. The fraction of sp³-hybridized carbons (Fsp3) is 0.0455. The highest BCUT2D eigenvalue weighted by Gasteiger charge is 2.12. The summed E-state index contributed by atoms with van der Waals surface area (Å²) in [5, 5.41) is 8.40. The molecular weight excluding hydrogens is 404 g/mol. The zero-order chi connectivity index (χ0) is 19.8. The van der Waals surface area contributed by atoms with E-state index in [2.05, 4.69) is 39.3 Å². The molecular formula is C22H15ClN4OS. The summed E-state index contributed by atoms with van der Waals surface area (Å²) in [5.41, 5.74) is 2.32. The molecule has 0 spiro atoms. The SMILES string of the molecule is O=c1[nH]c(SCc2cccc3ccccc23)nc2c1cnn2-c1ccc(Cl)cc1. The van der Waals surface area contributed by atoms with Crippen LogP contribution < -0.4 is 5.56 Å². The summed E-state index contributed by atoms with van der Waals surface area (Å²) in [4.78, 5) is 20.1. The number of hydrogen-bond acceptors (Lipinski definition) is 4. The van der Waals surface area contributed by atoms with Crippen LogP contribution in [0.3, 0.4) is 0 Å². The molecule has 2 aromatic heterocycles. The van der Waals surface area contributed by atoms with Crippen molar-refractivity contribution in [1.82, 2.24) is 19.7 Å². The number of hydrogen-bond donors (Lipinski definition) is 1. The molecule has 0 aliphatic heterocycles. The molecule has 1 N–H and O–H groups in total. The summed E-state index contributed by atoms with van der Waals surface area (Å²) in [6.07, 6.45) is 1.54. The Kier molecular flexibility index (Phi) is 4.58. The standard InChI is InChI=1S/C22H15ClN4OS/c23-16-8-10-17(11-9-16)27-20-19(12-24-27)21(28)26-22(25-20)29-13-15-6-3-5-14-4-1-2-7-18(14)15/h1-12H,13H2,(H,25,26,28).